The average Bonchev–Trinajstić information content (AvgIpc) is 2.89. The summed E-state index contributed by atoms with van der Waals surface area (Å²) in [4.78, 5) is 25.4. The number of nitrogens with zero attached hydrogens (tertiary/aromatic N) is 3. The monoisotopic (exact) mass is 207 g/mol. The van der Waals surface area contributed by atoms with Crippen LogP contribution >= 0.6 is 0 Å². The molecular weight excluding hydrogens is 194 g/mol. The highest BCUT2D eigenvalue weighted by atomic mass is 16.2. The van der Waals surface area contributed by atoms with Crippen LogP contribution in [0.15, 0.2) is 10.2 Å². The first-order chi connectivity index (χ1) is 7.29. The Balaban J connectivity index is 1.87. The largest absolute Gasteiger partial charge is 0.277 e. The molecule has 0 aromatic rings. The Bertz CT molecular complexity index is 347. The van der Waals surface area contributed by atoms with Crippen LogP contribution in [0.2, 0.25) is 0 Å². The molecule has 2 heterocycles. The van der Waals surface area contributed by atoms with E-state index in [1.54, 1.807) is 0 Å². The summed E-state index contributed by atoms with van der Waals surface area (Å²) in [6.07, 6.45) is 4.18. The number of imide groups is 1. The molecular formula is C10H13N3O2. The quantitative estimate of drug-likeness (QED) is 0.595. The molecule has 0 unspecified atom stereocenters. The second kappa shape index (κ2) is 3.12. The molecule has 5 heteroatoms. The number of amides is 2. The summed E-state index contributed by atoms with van der Waals surface area (Å²) in [5, 5.41) is 7.65. The Morgan fingerprint density at radius 1 is 1.13 bits per heavy atom. The lowest BCUT2D eigenvalue weighted by Crippen LogP contribution is -2.39. The molecule has 1 saturated heterocycles. The predicted octanol–water partition coefficient (Wildman–Crippen LogP) is 0.748. The SMILES string of the molecule is O=C1[C@H]2CN=N[C@H]2C(=O)N1C1CCCC1. The Labute approximate surface area is 87.5 Å². The summed E-state index contributed by atoms with van der Waals surface area (Å²) in [5.41, 5.74) is 0. The molecule has 5 nitrogen and oxygen atoms in total. The van der Waals surface area contributed by atoms with Crippen LogP contribution in [-0.2, 0) is 9.59 Å². The molecule has 2 aliphatic heterocycles. The maximum absolute atomic E-state index is 12.0. The third kappa shape index (κ3) is 1.15. The van der Waals surface area contributed by atoms with Crippen LogP contribution in [0.5, 0.6) is 0 Å². The highest BCUT2D eigenvalue weighted by Gasteiger charge is 2.52. The fourth-order valence-electron chi connectivity index (χ4n) is 2.79. The smallest absolute Gasteiger partial charge is 0.257 e. The molecule has 2 atom stereocenters. The zero-order valence-corrected chi connectivity index (χ0v) is 8.43. The van der Waals surface area contributed by atoms with E-state index in [0.717, 1.165) is 25.7 Å². The third-order valence-corrected chi connectivity index (χ3v) is 3.60. The minimum absolute atomic E-state index is 0.0399. The van der Waals surface area contributed by atoms with E-state index < -0.39 is 6.04 Å². The molecule has 1 aliphatic carbocycles. The second-order valence-corrected chi connectivity index (χ2v) is 4.48. The van der Waals surface area contributed by atoms with Gasteiger partial charge in [-0.15, -0.1) is 0 Å². The number of likely N-dealkylation sites (tertiary alicyclic amines) is 1. The normalized spacial score (nSPS) is 35.6. The second-order valence-electron chi connectivity index (χ2n) is 4.48. The van der Waals surface area contributed by atoms with Crippen molar-refractivity contribution < 1.29 is 9.59 Å². The van der Waals surface area contributed by atoms with E-state index in [-0.39, 0.29) is 23.8 Å². The van der Waals surface area contributed by atoms with E-state index in [1.165, 1.54) is 4.90 Å². The Morgan fingerprint density at radius 3 is 2.53 bits per heavy atom. The van der Waals surface area contributed by atoms with Gasteiger partial charge in [-0.3, -0.25) is 14.5 Å². The molecule has 15 heavy (non-hydrogen) atoms. The lowest BCUT2D eigenvalue weighted by Gasteiger charge is -2.21. The first kappa shape index (κ1) is 9.00. The number of rotatable bonds is 1. The zero-order valence-electron chi connectivity index (χ0n) is 8.43. The van der Waals surface area contributed by atoms with Gasteiger partial charge < -0.3 is 0 Å². The Kier molecular flexibility index (Phi) is 1.87. The third-order valence-electron chi connectivity index (χ3n) is 3.60. The van der Waals surface area contributed by atoms with Crippen molar-refractivity contribution in [2.75, 3.05) is 6.54 Å². The summed E-state index contributed by atoms with van der Waals surface area (Å²) in [6, 6.07) is -0.344. The van der Waals surface area contributed by atoms with Gasteiger partial charge in [0.1, 0.15) is 0 Å². The number of hydrogen-bond donors (Lipinski definition) is 0. The van der Waals surface area contributed by atoms with Gasteiger partial charge in [-0.2, -0.15) is 10.2 Å². The van der Waals surface area contributed by atoms with Crippen molar-refractivity contribution in [2.24, 2.45) is 16.1 Å². The topological polar surface area (TPSA) is 62.1 Å². The molecule has 2 amide bonds. The van der Waals surface area contributed by atoms with Crippen LogP contribution in [0.4, 0.5) is 0 Å². The lowest BCUT2D eigenvalue weighted by molar-refractivity contribution is -0.142. The summed E-state index contributed by atoms with van der Waals surface area (Å²) < 4.78 is 0. The van der Waals surface area contributed by atoms with Crippen LogP contribution in [0.1, 0.15) is 25.7 Å². The fraction of sp³-hybridized carbons (Fsp3) is 0.800. The van der Waals surface area contributed by atoms with Crippen molar-refractivity contribution in [2.45, 2.75) is 37.8 Å². The van der Waals surface area contributed by atoms with Crippen LogP contribution in [-0.4, -0.2) is 35.3 Å². The molecule has 2 fully saturated rings. The van der Waals surface area contributed by atoms with Crippen molar-refractivity contribution in [1.82, 2.24) is 4.90 Å². The molecule has 1 saturated carbocycles. The Hall–Kier alpha value is -1.26. The van der Waals surface area contributed by atoms with Crippen molar-refractivity contribution in [1.29, 1.82) is 0 Å². The van der Waals surface area contributed by atoms with Gasteiger partial charge in [0.25, 0.3) is 5.91 Å². The van der Waals surface area contributed by atoms with Crippen molar-refractivity contribution in [3.05, 3.63) is 0 Å². The van der Waals surface area contributed by atoms with Gasteiger partial charge >= 0.3 is 0 Å². The summed E-state index contributed by atoms with van der Waals surface area (Å²) in [6.45, 7) is 0.401. The van der Waals surface area contributed by atoms with Crippen LogP contribution in [0.3, 0.4) is 0 Å². The van der Waals surface area contributed by atoms with E-state index in [9.17, 15) is 9.59 Å². The molecule has 3 aliphatic rings. The van der Waals surface area contributed by atoms with Crippen LogP contribution < -0.4 is 0 Å². The van der Waals surface area contributed by atoms with Gasteiger partial charge in [-0.25, -0.2) is 0 Å². The maximum Gasteiger partial charge on any atom is 0.257 e. The average molecular weight is 207 g/mol. The molecule has 0 aromatic heterocycles. The molecule has 0 bridgehead atoms. The highest BCUT2D eigenvalue weighted by molar-refractivity contribution is 6.07. The fourth-order valence-corrected chi connectivity index (χ4v) is 2.79. The highest BCUT2D eigenvalue weighted by Crippen LogP contribution is 2.34. The number of carbonyl (C=O) groups excluding carboxylic acids is 2. The van der Waals surface area contributed by atoms with Gasteiger partial charge in [-0.05, 0) is 12.8 Å². The van der Waals surface area contributed by atoms with Gasteiger partial charge in [0, 0.05) is 6.04 Å². The van der Waals surface area contributed by atoms with Crippen LogP contribution in [0.25, 0.3) is 0 Å². The Morgan fingerprint density at radius 2 is 1.87 bits per heavy atom. The van der Waals surface area contributed by atoms with E-state index in [0.29, 0.717) is 6.54 Å². The zero-order chi connectivity index (χ0) is 10.4. The standard InChI is InChI=1S/C10H13N3O2/c14-9-7-5-11-12-8(7)10(15)13(9)6-3-1-2-4-6/h6-8H,1-5H2/t7-,8+/m0/s1. The van der Waals surface area contributed by atoms with Gasteiger partial charge in [-0.1, -0.05) is 12.8 Å². The summed E-state index contributed by atoms with van der Waals surface area (Å²) >= 11 is 0. The molecule has 0 spiro atoms. The number of fused-ring (bicyclic) bond motifs is 1. The minimum Gasteiger partial charge on any atom is -0.277 e. The van der Waals surface area contributed by atoms with Gasteiger partial charge in [0.15, 0.2) is 6.04 Å². The molecule has 0 radical (unpaired) electrons. The minimum atomic E-state index is -0.488. The van der Waals surface area contributed by atoms with E-state index in [1.807, 2.05) is 0 Å². The van der Waals surface area contributed by atoms with E-state index in [4.69, 9.17) is 0 Å². The van der Waals surface area contributed by atoms with Gasteiger partial charge in [0.05, 0.1) is 12.5 Å². The van der Waals surface area contributed by atoms with Gasteiger partial charge in [0.2, 0.25) is 5.91 Å². The molecule has 0 aromatic carbocycles. The molecule has 80 valence electrons. The summed E-state index contributed by atoms with van der Waals surface area (Å²) in [5.74, 6) is -0.432. The molecule has 3 rings (SSSR count). The van der Waals surface area contributed by atoms with E-state index in [2.05, 4.69) is 10.2 Å². The van der Waals surface area contributed by atoms with Crippen molar-refractivity contribution >= 4 is 11.8 Å². The number of azo groups is 1. The first-order valence-electron chi connectivity index (χ1n) is 5.52. The van der Waals surface area contributed by atoms with E-state index >= 15 is 0 Å². The number of carbonyl (C=O) groups is 2. The van der Waals surface area contributed by atoms with Crippen LogP contribution in [0, 0.1) is 5.92 Å². The van der Waals surface area contributed by atoms with Crippen molar-refractivity contribution in [3.8, 4) is 0 Å². The first-order valence-corrected chi connectivity index (χ1v) is 5.52. The number of hydrogen-bond acceptors (Lipinski definition) is 4. The summed E-state index contributed by atoms with van der Waals surface area (Å²) in [7, 11) is 0. The molecule has 0 N–H and O–H groups in total. The lowest BCUT2D eigenvalue weighted by atomic mass is 10.1. The maximum atomic E-state index is 12.0. The van der Waals surface area contributed by atoms with Crippen molar-refractivity contribution in [3.63, 3.8) is 0 Å². The predicted molar refractivity (Wildman–Crippen MR) is 51.1 cm³/mol.